The number of halogens is 1. The van der Waals surface area contributed by atoms with Crippen LogP contribution in [0.3, 0.4) is 0 Å². The third-order valence-electron chi connectivity index (χ3n) is 4.76. The molecule has 0 spiro atoms. The Morgan fingerprint density at radius 3 is 2.67 bits per heavy atom. The van der Waals surface area contributed by atoms with Gasteiger partial charge in [0, 0.05) is 34.5 Å². The fourth-order valence-corrected chi connectivity index (χ4v) is 3.94. The first-order valence-electron chi connectivity index (χ1n) is 9.26. The Morgan fingerprint density at radius 1 is 1.07 bits per heavy atom. The van der Waals surface area contributed by atoms with Crippen molar-refractivity contribution in [3.8, 4) is 11.3 Å². The summed E-state index contributed by atoms with van der Waals surface area (Å²) in [5.41, 5.74) is 4.00. The molecule has 0 unspecified atom stereocenters. The van der Waals surface area contributed by atoms with Crippen molar-refractivity contribution in [3.05, 3.63) is 58.8 Å². The van der Waals surface area contributed by atoms with Gasteiger partial charge in [-0.25, -0.2) is 4.98 Å². The molecule has 0 aliphatic heterocycles. The zero-order chi connectivity index (χ0) is 18.6. The van der Waals surface area contributed by atoms with E-state index in [0.717, 1.165) is 27.2 Å². The first-order chi connectivity index (χ1) is 13.2. The van der Waals surface area contributed by atoms with Crippen LogP contribution in [0.15, 0.2) is 53.3 Å². The predicted octanol–water partition coefficient (Wildman–Crippen LogP) is 5.71. The molecule has 1 saturated carbocycles. The lowest BCUT2D eigenvalue weighted by atomic mass is 10.2. The molecule has 2 N–H and O–H groups in total. The van der Waals surface area contributed by atoms with Gasteiger partial charge in [-0.2, -0.15) is 4.98 Å². The molecule has 0 saturated heterocycles. The Labute approximate surface area is 167 Å². The normalized spacial score (nSPS) is 14.3. The Morgan fingerprint density at radius 2 is 1.93 bits per heavy atom. The third kappa shape index (κ3) is 4.45. The molecule has 1 aromatic carbocycles. The Hall–Kier alpha value is -2.47. The molecule has 4 rings (SSSR count). The predicted molar refractivity (Wildman–Crippen MR) is 113 cm³/mol. The fraction of sp³-hybridized carbons (Fsp3) is 0.286. The topological polar surface area (TPSA) is 62.7 Å². The maximum atomic E-state index is 4.73. The van der Waals surface area contributed by atoms with E-state index < -0.39 is 0 Å². The molecule has 1 fully saturated rings. The summed E-state index contributed by atoms with van der Waals surface area (Å²) in [5.74, 6) is 1.42. The molecule has 0 atom stereocenters. The van der Waals surface area contributed by atoms with Crippen molar-refractivity contribution >= 4 is 33.4 Å². The summed E-state index contributed by atoms with van der Waals surface area (Å²) in [4.78, 5) is 13.7. The molecule has 3 aromatic rings. The van der Waals surface area contributed by atoms with Crippen LogP contribution >= 0.6 is 15.9 Å². The minimum absolute atomic E-state index is 0.452. The molecule has 27 heavy (non-hydrogen) atoms. The first kappa shape index (κ1) is 17.9. The van der Waals surface area contributed by atoms with Crippen molar-refractivity contribution in [1.82, 2.24) is 15.0 Å². The van der Waals surface area contributed by atoms with Crippen molar-refractivity contribution < 1.29 is 0 Å². The summed E-state index contributed by atoms with van der Waals surface area (Å²) in [6, 6.07) is 12.6. The molecule has 2 heterocycles. The summed E-state index contributed by atoms with van der Waals surface area (Å²) in [6.45, 7) is 2.07. The zero-order valence-electron chi connectivity index (χ0n) is 15.2. The van der Waals surface area contributed by atoms with Crippen LogP contribution in [0.4, 0.5) is 17.5 Å². The molecular formula is C21H22BrN5. The highest BCUT2D eigenvalue weighted by Gasteiger charge is 2.17. The van der Waals surface area contributed by atoms with Gasteiger partial charge >= 0.3 is 0 Å². The van der Waals surface area contributed by atoms with Crippen LogP contribution in [-0.4, -0.2) is 21.0 Å². The molecule has 0 bridgehead atoms. The van der Waals surface area contributed by atoms with E-state index in [9.17, 15) is 0 Å². The second kappa shape index (κ2) is 8.05. The number of nitrogens with one attached hydrogen (secondary N) is 2. The van der Waals surface area contributed by atoms with Crippen LogP contribution in [-0.2, 0) is 0 Å². The van der Waals surface area contributed by atoms with Crippen LogP contribution in [0.2, 0.25) is 0 Å². The summed E-state index contributed by atoms with van der Waals surface area (Å²) in [7, 11) is 0. The van der Waals surface area contributed by atoms with E-state index in [4.69, 9.17) is 9.97 Å². The molecule has 1 aliphatic rings. The number of anilines is 3. The Bertz CT molecular complexity index is 923. The highest BCUT2D eigenvalue weighted by Crippen LogP contribution is 2.29. The van der Waals surface area contributed by atoms with Crippen LogP contribution in [0.1, 0.15) is 31.2 Å². The number of rotatable bonds is 5. The van der Waals surface area contributed by atoms with Gasteiger partial charge in [-0.05, 0) is 65.5 Å². The maximum Gasteiger partial charge on any atom is 0.225 e. The van der Waals surface area contributed by atoms with Crippen molar-refractivity contribution in [3.63, 3.8) is 0 Å². The summed E-state index contributed by atoms with van der Waals surface area (Å²) >= 11 is 3.63. The first-order valence-corrected chi connectivity index (χ1v) is 10.1. The van der Waals surface area contributed by atoms with Crippen LogP contribution in [0.5, 0.6) is 0 Å². The van der Waals surface area contributed by atoms with Crippen molar-refractivity contribution in [2.45, 2.75) is 38.6 Å². The number of hydrogen-bond acceptors (Lipinski definition) is 5. The molecule has 138 valence electrons. The van der Waals surface area contributed by atoms with Gasteiger partial charge < -0.3 is 10.6 Å². The summed E-state index contributed by atoms with van der Waals surface area (Å²) in [6.07, 6.45) is 8.47. The van der Waals surface area contributed by atoms with E-state index in [1.165, 1.54) is 31.2 Å². The van der Waals surface area contributed by atoms with E-state index in [2.05, 4.69) is 56.7 Å². The molecule has 2 aromatic heterocycles. The number of nitrogens with zero attached hydrogens (tertiary/aromatic N) is 3. The maximum absolute atomic E-state index is 4.73. The van der Waals surface area contributed by atoms with E-state index in [-0.39, 0.29) is 0 Å². The number of hydrogen-bond donors (Lipinski definition) is 2. The number of aromatic nitrogens is 3. The van der Waals surface area contributed by atoms with E-state index >= 15 is 0 Å². The molecular weight excluding hydrogens is 402 g/mol. The smallest absolute Gasteiger partial charge is 0.225 e. The van der Waals surface area contributed by atoms with Gasteiger partial charge in [0.25, 0.3) is 0 Å². The summed E-state index contributed by atoms with van der Waals surface area (Å²) < 4.78 is 1.01. The SMILES string of the molecule is Cc1ccc(Nc2cc(-c3cccnc3)nc(NC3CCCC3)n2)c(Br)c1. The van der Waals surface area contributed by atoms with Crippen molar-refractivity contribution in [1.29, 1.82) is 0 Å². The highest BCUT2D eigenvalue weighted by molar-refractivity contribution is 9.10. The second-order valence-electron chi connectivity index (χ2n) is 6.94. The Kier molecular flexibility index (Phi) is 5.34. The monoisotopic (exact) mass is 423 g/mol. The fourth-order valence-electron chi connectivity index (χ4n) is 3.35. The van der Waals surface area contributed by atoms with Gasteiger partial charge in [0.05, 0.1) is 11.4 Å². The van der Waals surface area contributed by atoms with E-state index in [0.29, 0.717) is 12.0 Å². The van der Waals surface area contributed by atoms with Crippen molar-refractivity contribution in [2.24, 2.45) is 0 Å². The molecule has 5 nitrogen and oxygen atoms in total. The third-order valence-corrected chi connectivity index (χ3v) is 5.42. The van der Waals surface area contributed by atoms with Crippen LogP contribution < -0.4 is 10.6 Å². The molecule has 1 aliphatic carbocycles. The summed E-state index contributed by atoms with van der Waals surface area (Å²) in [5, 5.41) is 6.92. The minimum Gasteiger partial charge on any atom is -0.351 e. The van der Waals surface area contributed by atoms with E-state index in [1.807, 2.05) is 24.4 Å². The van der Waals surface area contributed by atoms with Crippen LogP contribution in [0.25, 0.3) is 11.3 Å². The van der Waals surface area contributed by atoms with Crippen LogP contribution in [0, 0.1) is 6.92 Å². The lowest BCUT2D eigenvalue weighted by molar-refractivity contribution is 0.744. The standard InChI is InChI=1S/C21H22BrN5/c1-14-8-9-18(17(22)11-14)25-20-12-19(15-5-4-10-23-13-15)26-21(27-20)24-16-6-2-3-7-16/h4-5,8-13,16H,2-3,6-7H2,1H3,(H2,24,25,26,27). The average Bonchev–Trinajstić information content (AvgIpc) is 3.18. The molecule has 0 radical (unpaired) electrons. The lowest BCUT2D eigenvalue weighted by Gasteiger charge is -2.15. The van der Waals surface area contributed by atoms with Gasteiger partial charge in [0.1, 0.15) is 5.82 Å². The van der Waals surface area contributed by atoms with Gasteiger partial charge in [-0.3, -0.25) is 4.98 Å². The number of benzene rings is 1. The number of pyridine rings is 1. The molecule has 0 amide bonds. The van der Waals surface area contributed by atoms with Crippen molar-refractivity contribution in [2.75, 3.05) is 10.6 Å². The van der Waals surface area contributed by atoms with Gasteiger partial charge in [0.2, 0.25) is 5.95 Å². The quantitative estimate of drug-likeness (QED) is 0.550. The average molecular weight is 424 g/mol. The number of aryl methyl sites for hydroxylation is 1. The zero-order valence-corrected chi connectivity index (χ0v) is 16.8. The second-order valence-corrected chi connectivity index (χ2v) is 7.79. The Balaban J connectivity index is 1.68. The largest absolute Gasteiger partial charge is 0.351 e. The lowest BCUT2D eigenvalue weighted by Crippen LogP contribution is -2.17. The minimum atomic E-state index is 0.452. The highest BCUT2D eigenvalue weighted by atomic mass is 79.9. The van der Waals surface area contributed by atoms with Gasteiger partial charge in [-0.15, -0.1) is 0 Å². The van der Waals surface area contributed by atoms with E-state index in [1.54, 1.807) is 6.20 Å². The van der Waals surface area contributed by atoms with Gasteiger partial charge in [0.15, 0.2) is 0 Å². The van der Waals surface area contributed by atoms with Gasteiger partial charge in [-0.1, -0.05) is 18.9 Å². The molecule has 6 heteroatoms.